The summed E-state index contributed by atoms with van der Waals surface area (Å²) in [5.74, 6) is -0.223. The Kier molecular flexibility index (Phi) is 8.18. The van der Waals surface area contributed by atoms with Crippen molar-refractivity contribution >= 4 is 11.6 Å². The summed E-state index contributed by atoms with van der Waals surface area (Å²) < 4.78 is 0. The van der Waals surface area contributed by atoms with Gasteiger partial charge in [0, 0.05) is 19.2 Å². The van der Waals surface area contributed by atoms with Gasteiger partial charge >= 0.3 is 0 Å². The first-order valence-electron chi connectivity index (χ1n) is 8.14. The van der Waals surface area contributed by atoms with Crippen LogP contribution in [0.25, 0.3) is 0 Å². The SMILES string of the molecule is CCCCCN(CCCCC)C(=O)c1ccccc1[N+](=O)[O-]. The summed E-state index contributed by atoms with van der Waals surface area (Å²) in [6.45, 7) is 5.57. The molecule has 1 aromatic rings. The molecule has 22 heavy (non-hydrogen) atoms. The van der Waals surface area contributed by atoms with Crippen molar-refractivity contribution in [3.63, 3.8) is 0 Å². The first-order chi connectivity index (χ1) is 10.6. The van der Waals surface area contributed by atoms with Crippen molar-refractivity contribution in [2.75, 3.05) is 13.1 Å². The van der Waals surface area contributed by atoms with Crippen molar-refractivity contribution in [1.29, 1.82) is 0 Å². The van der Waals surface area contributed by atoms with Crippen LogP contribution in [0.3, 0.4) is 0 Å². The zero-order valence-corrected chi connectivity index (χ0v) is 13.6. The summed E-state index contributed by atoms with van der Waals surface area (Å²) in [5.41, 5.74) is 0.0870. The predicted molar refractivity (Wildman–Crippen MR) is 88.0 cm³/mol. The van der Waals surface area contributed by atoms with E-state index in [0.29, 0.717) is 13.1 Å². The molecule has 5 heteroatoms. The molecular weight excluding hydrogens is 280 g/mol. The second-order valence-corrected chi connectivity index (χ2v) is 5.48. The van der Waals surface area contributed by atoms with E-state index in [9.17, 15) is 14.9 Å². The topological polar surface area (TPSA) is 63.5 Å². The Morgan fingerprint density at radius 3 is 2.09 bits per heavy atom. The fraction of sp³-hybridized carbons (Fsp3) is 0.588. The second kappa shape index (κ2) is 9.92. The zero-order valence-electron chi connectivity index (χ0n) is 13.6. The van der Waals surface area contributed by atoms with E-state index in [1.165, 1.54) is 6.07 Å². The molecule has 0 saturated heterocycles. The summed E-state index contributed by atoms with van der Waals surface area (Å²) in [6, 6.07) is 6.21. The highest BCUT2D eigenvalue weighted by molar-refractivity contribution is 5.98. The van der Waals surface area contributed by atoms with Gasteiger partial charge in [0.1, 0.15) is 5.56 Å². The Bertz CT molecular complexity index is 479. The number of carbonyl (C=O) groups excluding carboxylic acids is 1. The third kappa shape index (κ3) is 5.47. The zero-order chi connectivity index (χ0) is 16.4. The molecule has 1 rings (SSSR count). The molecule has 1 aromatic carbocycles. The summed E-state index contributed by atoms with van der Waals surface area (Å²) in [7, 11) is 0. The molecule has 0 radical (unpaired) electrons. The van der Waals surface area contributed by atoms with Gasteiger partial charge in [-0.2, -0.15) is 0 Å². The molecule has 0 fully saturated rings. The number of para-hydroxylation sites is 1. The lowest BCUT2D eigenvalue weighted by atomic mass is 10.1. The van der Waals surface area contributed by atoms with Gasteiger partial charge in [-0.25, -0.2) is 0 Å². The molecule has 0 heterocycles. The van der Waals surface area contributed by atoms with Gasteiger partial charge in [-0.1, -0.05) is 51.7 Å². The van der Waals surface area contributed by atoms with Crippen LogP contribution in [-0.4, -0.2) is 28.8 Å². The van der Waals surface area contributed by atoms with E-state index >= 15 is 0 Å². The number of nitro groups is 1. The third-order valence-electron chi connectivity index (χ3n) is 3.68. The maximum Gasteiger partial charge on any atom is 0.282 e. The standard InChI is InChI=1S/C17H26N2O3/c1-3-5-9-13-18(14-10-6-4-2)17(20)15-11-7-8-12-16(15)19(21)22/h7-8,11-12H,3-6,9-10,13-14H2,1-2H3. The van der Waals surface area contributed by atoms with Crippen LogP contribution in [0, 0.1) is 10.1 Å². The highest BCUT2D eigenvalue weighted by atomic mass is 16.6. The van der Waals surface area contributed by atoms with Crippen LogP contribution < -0.4 is 0 Å². The van der Waals surface area contributed by atoms with Gasteiger partial charge in [-0.15, -0.1) is 0 Å². The Morgan fingerprint density at radius 1 is 1.05 bits per heavy atom. The van der Waals surface area contributed by atoms with Gasteiger partial charge < -0.3 is 4.90 Å². The highest BCUT2D eigenvalue weighted by Gasteiger charge is 2.23. The van der Waals surface area contributed by atoms with E-state index in [-0.39, 0.29) is 17.2 Å². The molecule has 0 aliphatic rings. The Hall–Kier alpha value is -1.91. The summed E-state index contributed by atoms with van der Waals surface area (Å²) in [5, 5.41) is 11.1. The van der Waals surface area contributed by atoms with Gasteiger partial charge in [0.25, 0.3) is 11.6 Å². The second-order valence-electron chi connectivity index (χ2n) is 5.48. The molecule has 0 saturated carbocycles. The highest BCUT2D eigenvalue weighted by Crippen LogP contribution is 2.20. The molecule has 122 valence electrons. The van der Waals surface area contributed by atoms with Crippen molar-refractivity contribution in [3.05, 3.63) is 39.9 Å². The van der Waals surface area contributed by atoms with Gasteiger partial charge in [-0.05, 0) is 18.9 Å². The van der Waals surface area contributed by atoms with E-state index in [2.05, 4.69) is 13.8 Å². The molecule has 0 aliphatic carbocycles. The number of rotatable bonds is 10. The Labute approximate surface area is 132 Å². The first kappa shape index (κ1) is 18.1. The normalized spacial score (nSPS) is 10.5. The fourth-order valence-corrected chi connectivity index (χ4v) is 2.40. The quantitative estimate of drug-likeness (QED) is 0.365. The third-order valence-corrected chi connectivity index (χ3v) is 3.68. The maximum atomic E-state index is 12.7. The maximum absolute atomic E-state index is 12.7. The average Bonchev–Trinajstić information content (AvgIpc) is 2.53. The monoisotopic (exact) mass is 306 g/mol. The number of carbonyl (C=O) groups is 1. The summed E-state index contributed by atoms with van der Waals surface area (Å²) >= 11 is 0. The van der Waals surface area contributed by atoms with Crippen molar-refractivity contribution in [2.45, 2.75) is 52.4 Å². The van der Waals surface area contributed by atoms with E-state index in [1.54, 1.807) is 23.1 Å². The van der Waals surface area contributed by atoms with Crippen LogP contribution >= 0.6 is 0 Å². The molecule has 0 N–H and O–H groups in total. The van der Waals surface area contributed by atoms with E-state index < -0.39 is 4.92 Å². The molecule has 0 spiro atoms. The molecule has 0 atom stereocenters. The van der Waals surface area contributed by atoms with E-state index in [4.69, 9.17) is 0 Å². The first-order valence-corrected chi connectivity index (χ1v) is 8.14. The lowest BCUT2D eigenvalue weighted by Gasteiger charge is -2.22. The summed E-state index contributed by atoms with van der Waals surface area (Å²) in [4.78, 5) is 25.1. The molecule has 0 aromatic heterocycles. The fourth-order valence-electron chi connectivity index (χ4n) is 2.40. The number of unbranched alkanes of at least 4 members (excludes halogenated alkanes) is 4. The smallest absolute Gasteiger partial charge is 0.282 e. The minimum Gasteiger partial charge on any atom is -0.338 e. The van der Waals surface area contributed by atoms with Gasteiger partial charge in [0.05, 0.1) is 4.92 Å². The van der Waals surface area contributed by atoms with Crippen LogP contribution in [-0.2, 0) is 0 Å². The number of nitro benzene ring substituents is 1. The van der Waals surface area contributed by atoms with Crippen LogP contribution in [0.5, 0.6) is 0 Å². The van der Waals surface area contributed by atoms with Crippen LogP contribution in [0.1, 0.15) is 62.7 Å². The largest absolute Gasteiger partial charge is 0.338 e. The van der Waals surface area contributed by atoms with Crippen LogP contribution in [0.15, 0.2) is 24.3 Å². The van der Waals surface area contributed by atoms with E-state index in [0.717, 1.165) is 38.5 Å². The van der Waals surface area contributed by atoms with Gasteiger partial charge in [-0.3, -0.25) is 14.9 Å². The molecule has 5 nitrogen and oxygen atoms in total. The molecule has 0 bridgehead atoms. The Balaban J connectivity index is 2.87. The number of amides is 1. The number of nitrogens with zero attached hydrogens (tertiary/aromatic N) is 2. The number of benzene rings is 1. The van der Waals surface area contributed by atoms with E-state index in [1.807, 2.05) is 0 Å². The van der Waals surface area contributed by atoms with Crippen molar-refractivity contribution in [2.24, 2.45) is 0 Å². The minimum atomic E-state index is -0.483. The average molecular weight is 306 g/mol. The van der Waals surface area contributed by atoms with Gasteiger partial charge in [0.15, 0.2) is 0 Å². The molecule has 0 unspecified atom stereocenters. The summed E-state index contributed by atoms with van der Waals surface area (Å²) in [6.07, 6.45) is 6.18. The van der Waals surface area contributed by atoms with Crippen LogP contribution in [0.2, 0.25) is 0 Å². The van der Waals surface area contributed by atoms with Gasteiger partial charge in [0.2, 0.25) is 0 Å². The van der Waals surface area contributed by atoms with Crippen molar-refractivity contribution < 1.29 is 9.72 Å². The lowest BCUT2D eigenvalue weighted by Crippen LogP contribution is -2.33. The lowest BCUT2D eigenvalue weighted by molar-refractivity contribution is -0.385. The van der Waals surface area contributed by atoms with Crippen molar-refractivity contribution in [1.82, 2.24) is 4.90 Å². The minimum absolute atomic E-state index is 0.108. The van der Waals surface area contributed by atoms with Crippen LogP contribution in [0.4, 0.5) is 5.69 Å². The number of hydrogen-bond donors (Lipinski definition) is 0. The molecule has 1 amide bonds. The number of hydrogen-bond acceptors (Lipinski definition) is 3. The molecular formula is C17H26N2O3. The Morgan fingerprint density at radius 2 is 1.59 bits per heavy atom. The molecule has 0 aliphatic heterocycles. The van der Waals surface area contributed by atoms with Crippen molar-refractivity contribution in [3.8, 4) is 0 Å². The predicted octanol–water partition coefficient (Wildman–Crippen LogP) is 4.42.